The first-order chi connectivity index (χ1) is 8.13. The molecule has 1 aliphatic rings. The van der Waals surface area contributed by atoms with Crippen LogP contribution in [-0.2, 0) is 15.3 Å². The highest BCUT2D eigenvalue weighted by Crippen LogP contribution is 2.39. The summed E-state index contributed by atoms with van der Waals surface area (Å²) in [5.41, 5.74) is 6.32. The highest BCUT2D eigenvalue weighted by atomic mass is 16.6. The minimum absolute atomic E-state index is 0.230. The molecule has 0 aromatic heterocycles. The number of rotatable bonds is 3. The van der Waals surface area contributed by atoms with Gasteiger partial charge in [-0.15, -0.1) is 0 Å². The zero-order valence-corrected chi connectivity index (χ0v) is 10.2. The zero-order valence-electron chi connectivity index (χ0n) is 10.2. The molecule has 0 heterocycles. The maximum atomic E-state index is 11.3. The minimum Gasteiger partial charge on any atom is -0.440 e. The average Bonchev–Trinajstić information content (AvgIpc) is 2.83. The van der Waals surface area contributed by atoms with Crippen LogP contribution in [0, 0.1) is 5.92 Å². The summed E-state index contributed by atoms with van der Waals surface area (Å²) in [7, 11) is 0. The number of hydrogen-bond acceptors (Lipinski definition) is 3. The molecule has 2 N–H and O–H groups in total. The van der Waals surface area contributed by atoms with Crippen LogP contribution in [0.2, 0.25) is 0 Å². The summed E-state index contributed by atoms with van der Waals surface area (Å²) in [4.78, 5) is 11.3. The molecule has 2 rings (SSSR count). The molecule has 17 heavy (non-hydrogen) atoms. The largest absolute Gasteiger partial charge is 0.440 e. The number of ether oxygens (including phenoxy) is 1. The maximum absolute atomic E-state index is 11.3. The van der Waals surface area contributed by atoms with Crippen molar-refractivity contribution in [2.75, 3.05) is 0 Å². The van der Waals surface area contributed by atoms with Crippen LogP contribution < -0.4 is 5.73 Å². The third-order valence-electron chi connectivity index (χ3n) is 3.50. The van der Waals surface area contributed by atoms with Gasteiger partial charge in [-0.25, -0.2) is 0 Å². The van der Waals surface area contributed by atoms with E-state index in [4.69, 9.17) is 10.5 Å². The predicted molar refractivity (Wildman–Crippen MR) is 66.0 cm³/mol. The fourth-order valence-corrected chi connectivity index (χ4v) is 2.67. The van der Waals surface area contributed by atoms with Crippen LogP contribution in [0.5, 0.6) is 0 Å². The molecular weight excluding hydrogens is 214 g/mol. The molecule has 0 spiro atoms. The highest BCUT2D eigenvalue weighted by Gasteiger charge is 2.41. The lowest BCUT2D eigenvalue weighted by Gasteiger charge is -2.34. The van der Waals surface area contributed by atoms with E-state index in [1.54, 1.807) is 0 Å². The third kappa shape index (κ3) is 2.50. The summed E-state index contributed by atoms with van der Waals surface area (Å²) >= 11 is 0. The van der Waals surface area contributed by atoms with Gasteiger partial charge in [0, 0.05) is 18.4 Å². The van der Waals surface area contributed by atoms with Crippen LogP contribution in [0.25, 0.3) is 0 Å². The molecule has 0 aliphatic heterocycles. The van der Waals surface area contributed by atoms with Gasteiger partial charge >= 0.3 is 5.97 Å². The maximum Gasteiger partial charge on any atom is 0.304 e. The van der Waals surface area contributed by atoms with E-state index in [-0.39, 0.29) is 11.9 Å². The topological polar surface area (TPSA) is 52.3 Å². The van der Waals surface area contributed by atoms with Gasteiger partial charge in [0.25, 0.3) is 0 Å². The monoisotopic (exact) mass is 233 g/mol. The smallest absolute Gasteiger partial charge is 0.304 e. The van der Waals surface area contributed by atoms with Crippen molar-refractivity contribution in [3.8, 4) is 0 Å². The molecule has 1 saturated carbocycles. The summed E-state index contributed by atoms with van der Waals surface area (Å²) in [6, 6.07) is 9.65. The minimum atomic E-state index is -0.955. The van der Waals surface area contributed by atoms with Crippen molar-refractivity contribution in [1.82, 2.24) is 0 Å². The molecule has 0 unspecified atom stereocenters. The number of benzene rings is 1. The van der Waals surface area contributed by atoms with E-state index in [0.29, 0.717) is 0 Å². The molecule has 3 heteroatoms. The molecular formula is C14H19NO2. The first-order valence-corrected chi connectivity index (χ1v) is 6.17. The van der Waals surface area contributed by atoms with Gasteiger partial charge in [0.05, 0.1) is 0 Å². The molecule has 0 amide bonds. The van der Waals surface area contributed by atoms with E-state index in [2.05, 4.69) is 0 Å². The van der Waals surface area contributed by atoms with Gasteiger partial charge < -0.3 is 4.74 Å². The molecule has 3 nitrogen and oxygen atoms in total. The lowest BCUT2D eigenvalue weighted by molar-refractivity contribution is -0.164. The van der Waals surface area contributed by atoms with Crippen molar-refractivity contribution in [3.63, 3.8) is 0 Å². The van der Waals surface area contributed by atoms with E-state index in [0.717, 1.165) is 31.2 Å². The number of nitrogens with two attached hydrogens (primary N) is 1. The Morgan fingerprint density at radius 3 is 2.41 bits per heavy atom. The van der Waals surface area contributed by atoms with Gasteiger partial charge in [-0.05, 0) is 12.8 Å². The Bertz CT molecular complexity index is 384. The number of carbonyl (C=O) groups is 1. The van der Waals surface area contributed by atoms with Crippen molar-refractivity contribution >= 4 is 5.97 Å². The third-order valence-corrected chi connectivity index (χ3v) is 3.50. The summed E-state index contributed by atoms with van der Waals surface area (Å²) in [6.45, 7) is 1.42. The molecule has 1 aliphatic carbocycles. The second-order valence-corrected chi connectivity index (χ2v) is 4.73. The summed E-state index contributed by atoms with van der Waals surface area (Å²) < 4.78 is 5.45. The standard InChI is InChI=1S/C14H19NO2/c1-11(16)17-14(15,13-9-5-6-10-13)12-7-3-2-4-8-12/h2-4,7-8,13H,5-6,9-10,15H2,1H3/t14-/m1/s1. The van der Waals surface area contributed by atoms with E-state index in [9.17, 15) is 4.79 Å². The van der Waals surface area contributed by atoms with Gasteiger partial charge in [-0.2, -0.15) is 0 Å². The second kappa shape index (κ2) is 4.88. The summed E-state index contributed by atoms with van der Waals surface area (Å²) in [5, 5.41) is 0. The van der Waals surface area contributed by atoms with Gasteiger partial charge in [0.2, 0.25) is 0 Å². The van der Waals surface area contributed by atoms with Crippen LogP contribution in [0.4, 0.5) is 0 Å². The average molecular weight is 233 g/mol. The van der Waals surface area contributed by atoms with Gasteiger partial charge in [0.1, 0.15) is 0 Å². The molecule has 0 radical (unpaired) electrons. The highest BCUT2D eigenvalue weighted by molar-refractivity contribution is 5.66. The second-order valence-electron chi connectivity index (χ2n) is 4.73. The lowest BCUT2D eigenvalue weighted by atomic mass is 9.88. The van der Waals surface area contributed by atoms with E-state index in [1.165, 1.54) is 6.92 Å². The Hall–Kier alpha value is -1.35. The van der Waals surface area contributed by atoms with Crippen LogP contribution in [0.1, 0.15) is 38.2 Å². The molecule has 1 fully saturated rings. The lowest BCUT2D eigenvalue weighted by Crippen LogP contribution is -2.47. The first-order valence-electron chi connectivity index (χ1n) is 6.17. The van der Waals surface area contributed by atoms with Crippen molar-refractivity contribution in [1.29, 1.82) is 0 Å². The Kier molecular flexibility index (Phi) is 3.48. The zero-order chi connectivity index (χ0) is 12.3. The Balaban J connectivity index is 2.32. The van der Waals surface area contributed by atoms with E-state index >= 15 is 0 Å². The van der Waals surface area contributed by atoms with E-state index < -0.39 is 5.72 Å². The predicted octanol–water partition coefficient (Wildman–Crippen LogP) is 2.55. The number of esters is 1. The fraction of sp³-hybridized carbons (Fsp3) is 0.500. The quantitative estimate of drug-likeness (QED) is 0.644. The van der Waals surface area contributed by atoms with Gasteiger partial charge in [-0.3, -0.25) is 10.5 Å². The Morgan fingerprint density at radius 2 is 1.88 bits per heavy atom. The molecule has 1 aromatic rings. The van der Waals surface area contributed by atoms with Crippen LogP contribution >= 0.6 is 0 Å². The van der Waals surface area contributed by atoms with Crippen molar-refractivity contribution in [3.05, 3.63) is 35.9 Å². The molecule has 0 saturated heterocycles. The van der Waals surface area contributed by atoms with Gasteiger partial charge in [0.15, 0.2) is 5.72 Å². The number of carbonyl (C=O) groups excluding carboxylic acids is 1. The van der Waals surface area contributed by atoms with Crippen molar-refractivity contribution in [2.45, 2.75) is 38.3 Å². The molecule has 1 aromatic carbocycles. The van der Waals surface area contributed by atoms with Crippen molar-refractivity contribution < 1.29 is 9.53 Å². The fourth-order valence-electron chi connectivity index (χ4n) is 2.67. The Labute approximate surface area is 102 Å². The van der Waals surface area contributed by atoms with Crippen LogP contribution in [-0.4, -0.2) is 5.97 Å². The molecule has 1 atom stereocenters. The normalized spacial score (nSPS) is 19.9. The molecule has 92 valence electrons. The summed E-state index contributed by atoms with van der Waals surface area (Å²) in [5.74, 6) is -0.0861. The molecule has 0 bridgehead atoms. The van der Waals surface area contributed by atoms with Crippen LogP contribution in [0.15, 0.2) is 30.3 Å². The Morgan fingerprint density at radius 1 is 1.29 bits per heavy atom. The van der Waals surface area contributed by atoms with Gasteiger partial charge in [-0.1, -0.05) is 43.2 Å². The summed E-state index contributed by atoms with van der Waals surface area (Å²) in [6.07, 6.45) is 4.38. The number of hydrogen-bond donors (Lipinski definition) is 1. The van der Waals surface area contributed by atoms with E-state index in [1.807, 2.05) is 30.3 Å². The van der Waals surface area contributed by atoms with Crippen LogP contribution in [0.3, 0.4) is 0 Å². The SMILES string of the molecule is CC(=O)O[C@](N)(c1ccccc1)C1CCCC1. The first kappa shape index (κ1) is 12.1. The van der Waals surface area contributed by atoms with Crippen molar-refractivity contribution in [2.24, 2.45) is 11.7 Å².